The van der Waals surface area contributed by atoms with E-state index >= 15 is 0 Å². The van der Waals surface area contributed by atoms with Crippen LogP contribution >= 0.6 is 15.9 Å². The van der Waals surface area contributed by atoms with Gasteiger partial charge in [0.1, 0.15) is 6.61 Å². The second kappa shape index (κ2) is 7.02. The van der Waals surface area contributed by atoms with Crippen LogP contribution in [0.15, 0.2) is 28.7 Å². The van der Waals surface area contributed by atoms with Crippen LogP contribution in [-0.2, 0) is 9.47 Å². The second-order valence-corrected chi connectivity index (χ2v) is 5.35. The maximum atomic E-state index is 11.9. The summed E-state index contributed by atoms with van der Waals surface area (Å²) in [6.45, 7) is 1.45. The number of ether oxygens (including phenoxy) is 2. The molecule has 0 N–H and O–H groups in total. The largest absolute Gasteiger partial charge is 0.376 e. The first-order chi connectivity index (χ1) is 8.75. The Hall–Kier alpha value is -0.710. The minimum atomic E-state index is 0.00658. The maximum Gasteiger partial charge on any atom is 0.188 e. The molecule has 2 rings (SSSR count). The molecule has 18 heavy (non-hydrogen) atoms. The Morgan fingerprint density at radius 3 is 3.06 bits per heavy atom. The third kappa shape index (κ3) is 4.19. The van der Waals surface area contributed by atoms with E-state index in [0.29, 0.717) is 12.2 Å². The fourth-order valence-corrected chi connectivity index (χ4v) is 2.37. The van der Waals surface area contributed by atoms with E-state index in [1.807, 2.05) is 18.2 Å². The Bertz CT molecular complexity index is 400. The first-order valence-electron chi connectivity index (χ1n) is 6.24. The van der Waals surface area contributed by atoms with Gasteiger partial charge in [0, 0.05) is 16.6 Å². The number of hydrogen-bond donors (Lipinski definition) is 0. The van der Waals surface area contributed by atoms with Gasteiger partial charge in [-0.15, -0.1) is 0 Å². The van der Waals surface area contributed by atoms with Crippen molar-refractivity contribution in [3.63, 3.8) is 0 Å². The quantitative estimate of drug-likeness (QED) is 0.783. The Balaban J connectivity index is 1.74. The fourth-order valence-electron chi connectivity index (χ4n) is 1.97. The molecule has 1 heterocycles. The van der Waals surface area contributed by atoms with Crippen molar-refractivity contribution in [2.45, 2.75) is 25.4 Å². The normalized spacial score (nSPS) is 19.7. The van der Waals surface area contributed by atoms with Gasteiger partial charge in [-0.25, -0.2) is 0 Å². The number of carbonyl (C=O) groups excluding carboxylic acids is 1. The molecule has 98 valence electrons. The predicted molar refractivity (Wildman–Crippen MR) is 72.9 cm³/mol. The molecule has 1 saturated heterocycles. The van der Waals surface area contributed by atoms with Crippen LogP contribution in [0.1, 0.15) is 29.6 Å². The fraction of sp³-hybridized carbons (Fsp3) is 0.500. The number of halogens is 1. The molecule has 0 saturated carbocycles. The van der Waals surface area contributed by atoms with Gasteiger partial charge in [-0.05, 0) is 31.4 Å². The lowest BCUT2D eigenvalue weighted by Gasteiger charge is -2.22. The number of ketones is 1. The smallest absolute Gasteiger partial charge is 0.188 e. The average molecular weight is 313 g/mol. The Kier molecular flexibility index (Phi) is 5.35. The topological polar surface area (TPSA) is 35.5 Å². The van der Waals surface area contributed by atoms with E-state index in [1.165, 1.54) is 6.42 Å². The minimum absolute atomic E-state index is 0.00658. The summed E-state index contributed by atoms with van der Waals surface area (Å²) >= 11 is 3.35. The zero-order valence-corrected chi connectivity index (χ0v) is 11.8. The molecule has 1 fully saturated rings. The van der Waals surface area contributed by atoms with Crippen molar-refractivity contribution in [3.05, 3.63) is 34.3 Å². The van der Waals surface area contributed by atoms with Crippen LogP contribution in [0, 0.1) is 0 Å². The van der Waals surface area contributed by atoms with E-state index in [0.717, 1.165) is 23.9 Å². The van der Waals surface area contributed by atoms with Crippen LogP contribution in [-0.4, -0.2) is 31.7 Å². The van der Waals surface area contributed by atoms with Crippen LogP contribution < -0.4 is 0 Å². The molecule has 0 aliphatic carbocycles. The molecule has 1 aliphatic heterocycles. The summed E-state index contributed by atoms with van der Waals surface area (Å²) in [6, 6.07) is 7.35. The summed E-state index contributed by atoms with van der Waals surface area (Å²) in [6.07, 6.45) is 3.51. The van der Waals surface area contributed by atoms with Crippen LogP contribution in [0.4, 0.5) is 0 Å². The highest BCUT2D eigenvalue weighted by molar-refractivity contribution is 9.10. The minimum Gasteiger partial charge on any atom is -0.376 e. The molecular formula is C14H17BrO3. The zero-order chi connectivity index (χ0) is 12.8. The second-order valence-electron chi connectivity index (χ2n) is 4.44. The first-order valence-corrected chi connectivity index (χ1v) is 7.03. The van der Waals surface area contributed by atoms with Gasteiger partial charge in [0.05, 0.1) is 12.7 Å². The van der Waals surface area contributed by atoms with Gasteiger partial charge < -0.3 is 9.47 Å². The molecular weight excluding hydrogens is 296 g/mol. The van der Waals surface area contributed by atoms with Crippen molar-refractivity contribution in [3.8, 4) is 0 Å². The van der Waals surface area contributed by atoms with E-state index in [1.54, 1.807) is 6.07 Å². The lowest BCUT2D eigenvalue weighted by atomic mass is 10.1. The molecule has 1 unspecified atom stereocenters. The van der Waals surface area contributed by atoms with Crippen LogP contribution in [0.3, 0.4) is 0 Å². The standard InChI is InChI=1S/C14H17BrO3/c15-12-5-3-4-11(8-12)14(16)10-17-9-13-6-1-2-7-18-13/h3-5,8,13H,1-2,6-7,9-10H2. The molecule has 0 bridgehead atoms. The van der Waals surface area contributed by atoms with Crippen molar-refractivity contribution in [1.82, 2.24) is 0 Å². The highest BCUT2D eigenvalue weighted by Crippen LogP contribution is 2.14. The Morgan fingerprint density at radius 2 is 2.33 bits per heavy atom. The third-order valence-electron chi connectivity index (χ3n) is 2.96. The van der Waals surface area contributed by atoms with Crippen molar-refractivity contribution in [1.29, 1.82) is 0 Å². The molecule has 1 aromatic rings. The number of carbonyl (C=O) groups is 1. The molecule has 0 spiro atoms. The summed E-state index contributed by atoms with van der Waals surface area (Å²) in [5, 5.41) is 0. The maximum absolute atomic E-state index is 11.9. The molecule has 1 atom stereocenters. The van der Waals surface area contributed by atoms with E-state index in [2.05, 4.69) is 15.9 Å². The SMILES string of the molecule is O=C(COCC1CCCCO1)c1cccc(Br)c1. The number of rotatable bonds is 5. The van der Waals surface area contributed by atoms with Gasteiger partial charge in [0.15, 0.2) is 5.78 Å². The predicted octanol–water partition coefficient (Wildman–Crippen LogP) is 3.22. The van der Waals surface area contributed by atoms with E-state index in [-0.39, 0.29) is 18.5 Å². The summed E-state index contributed by atoms with van der Waals surface area (Å²) in [4.78, 5) is 11.9. The molecule has 0 aromatic heterocycles. The average Bonchev–Trinajstić information content (AvgIpc) is 2.40. The van der Waals surface area contributed by atoms with Crippen molar-refractivity contribution >= 4 is 21.7 Å². The van der Waals surface area contributed by atoms with Crippen molar-refractivity contribution in [2.75, 3.05) is 19.8 Å². The number of hydrogen-bond acceptors (Lipinski definition) is 3. The van der Waals surface area contributed by atoms with Crippen LogP contribution in [0.2, 0.25) is 0 Å². The number of benzene rings is 1. The van der Waals surface area contributed by atoms with Crippen molar-refractivity contribution in [2.24, 2.45) is 0 Å². The summed E-state index contributed by atoms with van der Waals surface area (Å²) in [5.41, 5.74) is 0.675. The Morgan fingerprint density at radius 1 is 1.44 bits per heavy atom. The molecule has 1 aromatic carbocycles. The van der Waals surface area contributed by atoms with Crippen molar-refractivity contribution < 1.29 is 14.3 Å². The van der Waals surface area contributed by atoms with Gasteiger partial charge in [0.2, 0.25) is 0 Å². The Labute approximate surface area is 116 Å². The zero-order valence-electron chi connectivity index (χ0n) is 10.2. The van der Waals surface area contributed by atoms with E-state index < -0.39 is 0 Å². The van der Waals surface area contributed by atoms with Crippen LogP contribution in [0.25, 0.3) is 0 Å². The molecule has 1 aliphatic rings. The van der Waals surface area contributed by atoms with Gasteiger partial charge in [0.25, 0.3) is 0 Å². The van der Waals surface area contributed by atoms with E-state index in [4.69, 9.17) is 9.47 Å². The van der Waals surface area contributed by atoms with Crippen LogP contribution in [0.5, 0.6) is 0 Å². The molecule has 3 nitrogen and oxygen atoms in total. The summed E-state index contributed by atoms with van der Waals surface area (Å²) < 4.78 is 11.9. The van der Waals surface area contributed by atoms with Gasteiger partial charge in [-0.3, -0.25) is 4.79 Å². The van der Waals surface area contributed by atoms with Gasteiger partial charge in [-0.2, -0.15) is 0 Å². The molecule has 0 radical (unpaired) electrons. The lowest BCUT2D eigenvalue weighted by Crippen LogP contribution is -2.25. The monoisotopic (exact) mass is 312 g/mol. The summed E-state index contributed by atoms with van der Waals surface area (Å²) in [5.74, 6) is 0.00658. The molecule has 4 heteroatoms. The van der Waals surface area contributed by atoms with Gasteiger partial charge >= 0.3 is 0 Å². The van der Waals surface area contributed by atoms with E-state index in [9.17, 15) is 4.79 Å². The lowest BCUT2D eigenvalue weighted by molar-refractivity contribution is -0.0370. The third-order valence-corrected chi connectivity index (χ3v) is 3.45. The summed E-state index contributed by atoms with van der Waals surface area (Å²) in [7, 11) is 0. The van der Waals surface area contributed by atoms with Gasteiger partial charge in [-0.1, -0.05) is 28.1 Å². The molecule has 0 amide bonds. The first kappa shape index (κ1) is 13.7. The highest BCUT2D eigenvalue weighted by atomic mass is 79.9. The number of Topliss-reactive ketones (excluding diaryl/α,β-unsaturated/α-hetero) is 1. The highest BCUT2D eigenvalue weighted by Gasteiger charge is 2.14.